The third-order valence-corrected chi connectivity index (χ3v) is 2.87. The fraction of sp³-hybridized carbons (Fsp3) is 0.667. The van der Waals surface area contributed by atoms with E-state index in [9.17, 15) is 9.59 Å². The Morgan fingerprint density at radius 3 is 2.62 bits per heavy atom. The van der Waals surface area contributed by atoms with Gasteiger partial charge in [0.1, 0.15) is 12.1 Å². The highest BCUT2D eigenvalue weighted by atomic mass is 16.2. The van der Waals surface area contributed by atoms with Gasteiger partial charge in [-0.3, -0.25) is 9.59 Å². The first-order chi connectivity index (χ1) is 7.65. The lowest BCUT2D eigenvalue weighted by Gasteiger charge is -2.38. The van der Waals surface area contributed by atoms with Crippen LogP contribution in [0.15, 0.2) is 12.7 Å². The minimum Gasteiger partial charge on any atom is -0.343 e. The van der Waals surface area contributed by atoms with Gasteiger partial charge in [0.05, 0.1) is 0 Å². The van der Waals surface area contributed by atoms with E-state index in [-0.39, 0.29) is 23.9 Å². The van der Waals surface area contributed by atoms with Crippen molar-refractivity contribution in [3.05, 3.63) is 12.7 Å². The maximum atomic E-state index is 12.1. The number of piperazine rings is 1. The Kier molecular flexibility index (Phi) is 4.52. The highest BCUT2D eigenvalue weighted by Gasteiger charge is 2.38. The molecule has 0 saturated carbocycles. The second-order valence-corrected chi connectivity index (χ2v) is 4.05. The molecule has 1 heterocycles. The first-order valence-electron chi connectivity index (χ1n) is 5.87. The van der Waals surface area contributed by atoms with Gasteiger partial charge in [0.2, 0.25) is 11.8 Å². The van der Waals surface area contributed by atoms with Gasteiger partial charge in [-0.1, -0.05) is 26.3 Å². The van der Waals surface area contributed by atoms with Crippen molar-refractivity contribution in [2.45, 2.75) is 45.2 Å². The van der Waals surface area contributed by atoms with Crippen LogP contribution in [0.4, 0.5) is 0 Å². The van der Waals surface area contributed by atoms with Gasteiger partial charge in [0.25, 0.3) is 0 Å². The summed E-state index contributed by atoms with van der Waals surface area (Å²) in [5.74, 6) is -0.0180. The molecule has 90 valence electrons. The Hall–Kier alpha value is -1.32. The summed E-state index contributed by atoms with van der Waals surface area (Å²) in [6, 6.07) is -0.682. The van der Waals surface area contributed by atoms with Gasteiger partial charge >= 0.3 is 0 Å². The van der Waals surface area contributed by atoms with Crippen molar-refractivity contribution in [1.29, 1.82) is 0 Å². The maximum absolute atomic E-state index is 12.1. The third-order valence-electron chi connectivity index (χ3n) is 2.87. The SMILES string of the molecule is C=CCN1C(=O)C(CCC)NC(=O)C1CC. The normalized spacial score (nSPS) is 25.5. The van der Waals surface area contributed by atoms with E-state index in [4.69, 9.17) is 0 Å². The van der Waals surface area contributed by atoms with Crippen molar-refractivity contribution in [2.75, 3.05) is 6.54 Å². The fourth-order valence-electron chi connectivity index (χ4n) is 2.07. The topological polar surface area (TPSA) is 49.4 Å². The van der Waals surface area contributed by atoms with Crippen LogP contribution in [0.25, 0.3) is 0 Å². The van der Waals surface area contributed by atoms with Crippen molar-refractivity contribution in [3.63, 3.8) is 0 Å². The molecule has 4 nitrogen and oxygen atoms in total. The molecule has 1 saturated heterocycles. The molecule has 0 aromatic heterocycles. The highest BCUT2D eigenvalue weighted by Crippen LogP contribution is 2.15. The molecule has 2 atom stereocenters. The van der Waals surface area contributed by atoms with Gasteiger partial charge in [-0.25, -0.2) is 0 Å². The van der Waals surface area contributed by atoms with Crippen molar-refractivity contribution >= 4 is 11.8 Å². The summed E-state index contributed by atoms with van der Waals surface area (Å²) in [4.78, 5) is 25.5. The number of nitrogens with one attached hydrogen (secondary N) is 1. The maximum Gasteiger partial charge on any atom is 0.246 e. The number of carbonyl (C=O) groups excluding carboxylic acids is 2. The quantitative estimate of drug-likeness (QED) is 0.710. The zero-order valence-corrected chi connectivity index (χ0v) is 10.0. The summed E-state index contributed by atoms with van der Waals surface area (Å²) in [6.45, 7) is 7.99. The first-order valence-corrected chi connectivity index (χ1v) is 5.87. The molecule has 4 heteroatoms. The van der Waals surface area contributed by atoms with E-state index in [2.05, 4.69) is 11.9 Å². The summed E-state index contributed by atoms with van der Waals surface area (Å²) in [5, 5.41) is 2.79. The molecule has 1 fully saturated rings. The molecule has 2 amide bonds. The number of carbonyl (C=O) groups is 2. The molecule has 1 aliphatic rings. The van der Waals surface area contributed by atoms with Crippen LogP contribution in [0.5, 0.6) is 0 Å². The molecule has 0 aromatic rings. The molecular weight excluding hydrogens is 204 g/mol. The number of rotatable bonds is 5. The van der Waals surface area contributed by atoms with Crippen LogP contribution >= 0.6 is 0 Å². The summed E-state index contributed by atoms with van der Waals surface area (Å²) in [7, 11) is 0. The van der Waals surface area contributed by atoms with Crippen molar-refractivity contribution in [1.82, 2.24) is 10.2 Å². The van der Waals surface area contributed by atoms with Crippen LogP contribution < -0.4 is 5.32 Å². The monoisotopic (exact) mass is 224 g/mol. The number of amides is 2. The molecule has 0 spiro atoms. The predicted octanol–water partition coefficient (Wildman–Crippen LogP) is 1.08. The zero-order chi connectivity index (χ0) is 12.1. The van der Waals surface area contributed by atoms with E-state index in [0.717, 1.165) is 6.42 Å². The summed E-state index contributed by atoms with van der Waals surface area (Å²) >= 11 is 0. The van der Waals surface area contributed by atoms with Crippen LogP contribution in [0.2, 0.25) is 0 Å². The Bertz CT molecular complexity index is 289. The highest BCUT2D eigenvalue weighted by molar-refractivity contribution is 5.97. The number of nitrogens with zero attached hydrogens (tertiary/aromatic N) is 1. The summed E-state index contributed by atoms with van der Waals surface area (Å²) in [5.41, 5.74) is 0. The Labute approximate surface area is 96.7 Å². The van der Waals surface area contributed by atoms with E-state index in [1.54, 1.807) is 11.0 Å². The van der Waals surface area contributed by atoms with Crippen LogP contribution in [-0.4, -0.2) is 35.3 Å². The zero-order valence-electron chi connectivity index (χ0n) is 10.0. The minimum absolute atomic E-state index is 0.0215. The van der Waals surface area contributed by atoms with Crippen LogP contribution in [0.3, 0.4) is 0 Å². The second-order valence-electron chi connectivity index (χ2n) is 4.05. The smallest absolute Gasteiger partial charge is 0.246 e. The van der Waals surface area contributed by atoms with Gasteiger partial charge in [-0.05, 0) is 12.8 Å². The van der Waals surface area contributed by atoms with Gasteiger partial charge < -0.3 is 10.2 Å². The van der Waals surface area contributed by atoms with Gasteiger partial charge in [0.15, 0.2) is 0 Å². The molecule has 1 N–H and O–H groups in total. The van der Waals surface area contributed by atoms with E-state index in [0.29, 0.717) is 19.4 Å². The first kappa shape index (κ1) is 12.7. The van der Waals surface area contributed by atoms with Crippen molar-refractivity contribution in [3.8, 4) is 0 Å². The van der Waals surface area contributed by atoms with Crippen LogP contribution in [-0.2, 0) is 9.59 Å². The molecule has 0 bridgehead atoms. The lowest BCUT2D eigenvalue weighted by atomic mass is 10.0. The largest absolute Gasteiger partial charge is 0.343 e. The van der Waals surface area contributed by atoms with Crippen molar-refractivity contribution < 1.29 is 9.59 Å². The molecule has 1 aliphatic heterocycles. The number of hydrogen-bond acceptors (Lipinski definition) is 2. The standard InChI is InChI=1S/C12H20N2O2/c1-4-7-9-12(16)14(8-5-2)10(6-3)11(15)13-9/h5,9-10H,2,4,6-8H2,1,3H3,(H,13,15). The molecule has 0 aliphatic carbocycles. The fourth-order valence-corrected chi connectivity index (χ4v) is 2.07. The minimum atomic E-state index is -0.347. The lowest BCUT2D eigenvalue weighted by molar-refractivity contribution is -0.149. The average molecular weight is 224 g/mol. The van der Waals surface area contributed by atoms with Gasteiger partial charge in [-0.2, -0.15) is 0 Å². The van der Waals surface area contributed by atoms with E-state index in [1.807, 2.05) is 13.8 Å². The van der Waals surface area contributed by atoms with E-state index in [1.165, 1.54) is 0 Å². The van der Waals surface area contributed by atoms with Crippen LogP contribution in [0.1, 0.15) is 33.1 Å². The second kappa shape index (κ2) is 5.68. The Balaban J connectivity index is 2.84. The Morgan fingerprint density at radius 1 is 1.44 bits per heavy atom. The van der Waals surface area contributed by atoms with Crippen LogP contribution in [0, 0.1) is 0 Å². The summed E-state index contributed by atoms with van der Waals surface area (Å²) in [6.07, 6.45) is 3.90. The molecule has 1 rings (SSSR count). The number of hydrogen-bond donors (Lipinski definition) is 1. The lowest BCUT2D eigenvalue weighted by Crippen LogP contribution is -2.63. The molecule has 0 aromatic carbocycles. The van der Waals surface area contributed by atoms with Gasteiger partial charge in [0, 0.05) is 6.54 Å². The third kappa shape index (κ3) is 2.43. The molecule has 16 heavy (non-hydrogen) atoms. The average Bonchev–Trinajstić information content (AvgIpc) is 2.26. The van der Waals surface area contributed by atoms with Crippen molar-refractivity contribution in [2.24, 2.45) is 0 Å². The van der Waals surface area contributed by atoms with E-state index >= 15 is 0 Å². The summed E-state index contributed by atoms with van der Waals surface area (Å²) < 4.78 is 0. The van der Waals surface area contributed by atoms with E-state index < -0.39 is 0 Å². The molecule has 0 radical (unpaired) electrons. The molecule has 2 unspecified atom stereocenters. The Morgan fingerprint density at radius 2 is 2.12 bits per heavy atom. The van der Waals surface area contributed by atoms with Gasteiger partial charge in [-0.15, -0.1) is 6.58 Å². The molecular formula is C12H20N2O2. The predicted molar refractivity (Wildman–Crippen MR) is 62.8 cm³/mol.